The molecule has 128 valence electrons. The maximum absolute atomic E-state index is 11.8. The lowest BCUT2D eigenvalue weighted by Gasteiger charge is -2.11. The number of hydrogen-bond donors (Lipinski definition) is 1. The molecule has 25 heavy (non-hydrogen) atoms. The molecule has 0 radical (unpaired) electrons. The number of benzene rings is 2. The minimum Gasteiger partial charge on any atom is -0.423 e. The minimum absolute atomic E-state index is 0.0648. The van der Waals surface area contributed by atoms with Crippen LogP contribution in [0.15, 0.2) is 51.7 Å². The van der Waals surface area contributed by atoms with Crippen molar-refractivity contribution in [3.8, 4) is 0 Å². The molecule has 0 atom stereocenters. The number of rotatable bonds is 5. The van der Waals surface area contributed by atoms with Crippen LogP contribution >= 0.6 is 0 Å². The van der Waals surface area contributed by atoms with Crippen LogP contribution in [-0.4, -0.2) is 4.92 Å². The molecule has 1 aromatic heterocycles. The van der Waals surface area contributed by atoms with Crippen LogP contribution in [0.1, 0.15) is 23.6 Å². The third kappa shape index (κ3) is 3.38. The summed E-state index contributed by atoms with van der Waals surface area (Å²) in [5.74, 6) is 0. The van der Waals surface area contributed by atoms with Crippen LogP contribution in [0.5, 0.6) is 0 Å². The van der Waals surface area contributed by atoms with Crippen molar-refractivity contribution in [2.45, 2.75) is 26.8 Å². The van der Waals surface area contributed by atoms with Gasteiger partial charge in [0.05, 0.1) is 4.92 Å². The highest BCUT2D eigenvalue weighted by Crippen LogP contribution is 2.26. The number of anilines is 1. The predicted molar refractivity (Wildman–Crippen MR) is 97.0 cm³/mol. The SMILES string of the molecule is CCc1ccc2c(CNc3cccc([N+](=O)[O-])c3C)cc(=O)oc2c1. The molecular formula is C19H18N2O4. The van der Waals surface area contributed by atoms with Crippen molar-refractivity contribution in [2.75, 3.05) is 5.32 Å². The number of nitrogens with one attached hydrogen (secondary N) is 1. The molecule has 2 aromatic carbocycles. The fourth-order valence-electron chi connectivity index (χ4n) is 2.84. The summed E-state index contributed by atoms with van der Waals surface area (Å²) in [5, 5.41) is 15.1. The molecule has 0 unspecified atom stereocenters. The molecule has 0 saturated carbocycles. The first-order valence-electron chi connectivity index (χ1n) is 8.03. The average Bonchev–Trinajstić information content (AvgIpc) is 2.59. The smallest absolute Gasteiger partial charge is 0.336 e. The highest BCUT2D eigenvalue weighted by atomic mass is 16.6. The van der Waals surface area contributed by atoms with Crippen molar-refractivity contribution in [2.24, 2.45) is 0 Å². The molecular weight excluding hydrogens is 320 g/mol. The number of fused-ring (bicyclic) bond motifs is 1. The van der Waals surface area contributed by atoms with E-state index in [-0.39, 0.29) is 5.69 Å². The first kappa shape index (κ1) is 16.7. The Bertz CT molecular complexity index is 1010. The van der Waals surface area contributed by atoms with Crippen LogP contribution in [0.25, 0.3) is 11.0 Å². The van der Waals surface area contributed by atoms with Crippen LogP contribution in [0.4, 0.5) is 11.4 Å². The summed E-state index contributed by atoms with van der Waals surface area (Å²) in [5.41, 5.74) is 3.33. The predicted octanol–water partition coefficient (Wildman–Crippen LogP) is 4.18. The second-order valence-electron chi connectivity index (χ2n) is 5.84. The lowest BCUT2D eigenvalue weighted by molar-refractivity contribution is -0.385. The first-order chi connectivity index (χ1) is 12.0. The Morgan fingerprint density at radius 2 is 2.00 bits per heavy atom. The highest BCUT2D eigenvalue weighted by Gasteiger charge is 2.13. The lowest BCUT2D eigenvalue weighted by atomic mass is 10.1. The zero-order valence-corrected chi connectivity index (χ0v) is 14.0. The van der Waals surface area contributed by atoms with Crippen molar-refractivity contribution < 1.29 is 9.34 Å². The Balaban J connectivity index is 1.95. The van der Waals surface area contributed by atoms with E-state index in [1.807, 2.05) is 25.1 Å². The normalized spacial score (nSPS) is 10.8. The molecule has 6 heteroatoms. The van der Waals surface area contributed by atoms with E-state index in [1.54, 1.807) is 19.1 Å². The maximum Gasteiger partial charge on any atom is 0.336 e. The molecule has 0 spiro atoms. The highest BCUT2D eigenvalue weighted by molar-refractivity contribution is 5.81. The van der Waals surface area contributed by atoms with Gasteiger partial charge in [-0.2, -0.15) is 0 Å². The van der Waals surface area contributed by atoms with Crippen LogP contribution in [0, 0.1) is 17.0 Å². The van der Waals surface area contributed by atoms with Gasteiger partial charge in [-0.05, 0) is 36.6 Å². The van der Waals surface area contributed by atoms with Crippen LogP contribution in [0.3, 0.4) is 0 Å². The summed E-state index contributed by atoms with van der Waals surface area (Å²) in [6.07, 6.45) is 0.856. The summed E-state index contributed by atoms with van der Waals surface area (Å²) >= 11 is 0. The molecule has 0 aliphatic carbocycles. The van der Waals surface area contributed by atoms with Gasteiger partial charge in [-0.25, -0.2) is 4.79 Å². The Kier molecular flexibility index (Phi) is 4.52. The monoisotopic (exact) mass is 338 g/mol. The summed E-state index contributed by atoms with van der Waals surface area (Å²) in [6, 6.07) is 12.2. The fraction of sp³-hybridized carbons (Fsp3) is 0.211. The quantitative estimate of drug-likeness (QED) is 0.428. The summed E-state index contributed by atoms with van der Waals surface area (Å²) in [6.45, 7) is 4.11. The van der Waals surface area contributed by atoms with Crippen LogP contribution in [-0.2, 0) is 13.0 Å². The van der Waals surface area contributed by atoms with Gasteiger partial charge >= 0.3 is 5.63 Å². The van der Waals surface area contributed by atoms with Gasteiger partial charge in [0.1, 0.15) is 5.58 Å². The largest absolute Gasteiger partial charge is 0.423 e. The fourth-order valence-corrected chi connectivity index (χ4v) is 2.84. The number of hydrogen-bond acceptors (Lipinski definition) is 5. The molecule has 1 N–H and O–H groups in total. The van der Waals surface area contributed by atoms with Crippen molar-refractivity contribution in [3.05, 3.63) is 79.7 Å². The third-order valence-corrected chi connectivity index (χ3v) is 4.27. The van der Waals surface area contributed by atoms with Gasteiger partial charge in [-0.1, -0.05) is 25.1 Å². The van der Waals surface area contributed by atoms with E-state index < -0.39 is 10.5 Å². The van der Waals surface area contributed by atoms with E-state index >= 15 is 0 Å². The van der Waals surface area contributed by atoms with Gasteiger partial charge in [0, 0.05) is 35.3 Å². The minimum atomic E-state index is -0.409. The molecule has 0 aliphatic heterocycles. The van der Waals surface area contributed by atoms with E-state index in [4.69, 9.17) is 4.42 Å². The molecule has 6 nitrogen and oxygen atoms in total. The van der Waals surface area contributed by atoms with Gasteiger partial charge in [0.2, 0.25) is 0 Å². The average molecular weight is 338 g/mol. The Labute approximate surface area is 144 Å². The summed E-state index contributed by atoms with van der Waals surface area (Å²) in [7, 11) is 0. The Hall–Kier alpha value is -3.15. The molecule has 0 amide bonds. The molecule has 0 aliphatic rings. The Morgan fingerprint density at radius 1 is 1.20 bits per heavy atom. The van der Waals surface area contributed by atoms with Crippen molar-refractivity contribution in [1.29, 1.82) is 0 Å². The van der Waals surface area contributed by atoms with Gasteiger partial charge in [-0.15, -0.1) is 0 Å². The second-order valence-corrected chi connectivity index (χ2v) is 5.84. The molecule has 0 fully saturated rings. The summed E-state index contributed by atoms with van der Waals surface area (Å²) in [4.78, 5) is 22.5. The van der Waals surface area contributed by atoms with Crippen LogP contribution < -0.4 is 10.9 Å². The Morgan fingerprint density at radius 3 is 2.72 bits per heavy atom. The van der Waals surface area contributed by atoms with Crippen molar-refractivity contribution in [1.82, 2.24) is 0 Å². The van der Waals surface area contributed by atoms with E-state index in [0.717, 1.165) is 22.9 Å². The number of nitro benzene ring substituents is 1. The van der Waals surface area contributed by atoms with Crippen molar-refractivity contribution in [3.63, 3.8) is 0 Å². The third-order valence-electron chi connectivity index (χ3n) is 4.27. The van der Waals surface area contributed by atoms with E-state index in [2.05, 4.69) is 5.32 Å². The molecule has 0 bridgehead atoms. The number of nitro groups is 1. The topological polar surface area (TPSA) is 85.4 Å². The van der Waals surface area contributed by atoms with E-state index in [9.17, 15) is 14.9 Å². The van der Waals surface area contributed by atoms with Gasteiger partial charge in [0.15, 0.2) is 0 Å². The molecule has 3 aromatic rings. The van der Waals surface area contributed by atoms with E-state index in [1.165, 1.54) is 12.1 Å². The number of nitrogens with zero attached hydrogens (tertiary/aromatic N) is 1. The van der Waals surface area contributed by atoms with E-state index in [0.29, 0.717) is 23.4 Å². The van der Waals surface area contributed by atoms with Gasteiger partial charge in [-0.3, -0.25) is 10.1 Å². The summed E-state index contributed by atoms with van der Waals surface area (Å²) < 4.78 is 5.30. The number of aryl methyl sites for hydroxylation is 1. The zero-order chi connectivity index (χ0) is 18.0. The van der Waals surface area contributed by atoms with Gasteiger partial charge in [0.25, 0.3) is 5.69 Å². The van der Waals surface area contributed by atoms with Crippen molar-refractivity contribution >= 4 is 22.3 Å². The zero-order valence-electron chi connectivity index (χ0n) is 14.0. The second kappa shape index (κ2) is 6.76. The van der Waals surface area contributed by atoms with Crippen LogP contribution in [0.2, 0.25) is 0 Å². The molecule has 3 rings (SSSR count). The maximum atomic E-state index is 11.8. The molecule has 0 saturated heterocycles. The molecule has 1 heterocycles. The standard InChI is InChI=1S/C19H18N2O4/c1-3-13-7-8-15-14(10-19(22)25-18(15)9-13)11-20-16-5-4-6-17(12(16)2)21(23)24/h4-10,20H,3,11H2,1-2H3. The first-order valence-corrected chi connectivity index (χ1v) is 8.03. The van der Waals surface area contributed by atoms with Gasteiger partial charge < -0.3 is 9.73 Å². The lowest BCUT2D eigenvalue weighted by Crippen LogP contribution is -2.07.